The third kappa shape index (κ3) is 3.13. The molecule has 2 unspecified atom stereocenters. The molecule has 0 aromatic heterocycles. The zero-order valence-electron chi connectivity index (χ0n) is 10.8. The van der Waals surface area contributed by atoms with Crippen molar-refractivity contribution in [1.82, 2.24) is 0 Å². The number of nitro groups is 1. The lowest BCUT2D eigenvalue weighted by Gasteiger charge is -2.22. The van der Waals surface area contributed by atoms with Crippen molar-refractivity contribution in [3.63, 3.8) is 0 Å². The summed E-state index contributed by atoms with van der Waals surface area (Å²) in [4.78, 5) is 19.7. The zero-order chi connectivity index (χ0) is 14.9. The molecule has 1 aliphatic carbocycles. The van der Waals surface area contributed by atoms with Gasteiger partial charge in [-0.05, 0) is 6.08 Å². The van der Waals surface area contributed by atoms with Crippen molar-refractivity contribution in [2.24, 2.45) is 0 Å². The predicted molar refractivity (Wildman–Crippen MR) is 67.4 cm³/mol. The van der Waals surface area contributed by atoms with Crippen LogP contribution in [0.5, 0.6) is 0 Å². The van der Waals surface area contributed by atoms with Crippen LogP contribution >= 0.6 is 15.9 Å². The molecule has 1 aliphatic heterocycles. The van der Waals surface area contributed by atoms with Gasteiger partial charge in [-0.1, -0.05) is 15.9 Å². The molecule has 2 atom stereocenters. The number of rotatable bonds is 4. The highest BCUT2D eigenvalue weighted by Crippen LogP contribution is 2.32. The first-order chi connectivity index (χ1) is 9.31. The summed E-state index contributed by atoms with van der Waals surface area (Å²) >= 11 is 3.05. The molecule has 1 N–H and O–H groups in total. The molecular weight excluding hydrogens is 322 g/mol. The Morgan fingerprint density at radius 3 is 3.00 bits per heavy atom. The fourth-order valence-electron chi connectivity index (χ4n) is 1.85. The average Bonchev–Trinajstić information content (AvgIpc) is 2.83. The maximum absolute atomic E-state index is 11.1. The molecular formula is C11H12BrNO6. The van der Waals surface area contributed by atoms with Gasteiger partial charge < -0.3 is 14.6 Å². The fraction of sp³-hybridized carbons (Fsp3) is 0.545. The van der Waals surface area contributed by atoms with Crippen molar-refractivity contribution < 1.29 is 25.7 Å². The van der Waals surface area contributed by atoms with E-state index in [1.54, 1.807) is 0 Å². The number of aliphatic carboxylic acids is 1. The third-order valence-corrected chi connectivity index (χ3v) is 3.48. The molecule has 1 heterocycles. The Morgan fingerprint density at radius 2 is 2.47 bits per heavy atom. The van der Waals surface area contributed by atoms with Gasteiger partial charge in [-0.15, -0.1) is 0 Å². The minimum Gasteiger partial charge on any atom is -0.491 e. The molecule has 7 nitrogen and oxygen atoms in total. The monoisotopic (exact) mass is 334 g/mol. The summed E-state index contributed by atoms with van der Waals surface area (Å²) in [5, 5.41) is 19.9. The minimum atomic E-state index is -1.54. The van der Waals surface area contributed by atoms with Gasteiger partial charge >= 0.3 is 5.97 Å². The Morgan fingerprint density at radius 1 is 1.74 bits per heavy atom. The Bertz CT molecular complexity index is 509. The summed E-state index contributed by atoms with van der Waals surface area (Å²) in [6.45, 7) is 0.891. The van der Waals surface area contributed by atoms with Crippen LogP contribution in [0.2, 0.25) is 0 Å². The van der Waals surface area contributed by atoms with Gasteiger partial charge in [0.1, 0.15) is 17.4 Å². The van der Waals surface area contributed by atoms with E-state index in [4.69, 9.17) is 16.0 Å². The Hall–Kier alpha value is -1.41. The Labute approximate surface area is 118 Å². The van der Waals surface area contributed by atoms with E-state index in [1.165, 1.54) is 0 Å². The third-order valence-electron chi connectivity index (χ3n) is 2.81. The lowest BCUT2D eigenvalue weighted by Crippen LogP contribution is -2.24. The lowest BCUT2D eigenvalue weighted by atomic mass is 10.0. The van der Waals surface area contributed by atoms with Gasteiger partial charge in [0.25, 0.3) is 5.70 Å². The number of carbonyl (C=O) groups is 1. The molecule has 0 saturated carbocycles. The molecule has 19 heavy (non-hydrogen) atoms. The smallest absolute Gasteiger partial charge is 0.342 e. The van der Waals surface area contributed by atoms with E-state index in [9.17, 15) is 14.9 Å². The maximum atomic E-state index is 11.1. The molecule has 104 valence electrons. The van der Waals surface area contributed by atoms with Gasteiger partial charge in [-0.2, -0.15) is 0 Å². The van der Waals surface area contributed by atoms with Gasteiger partial charge in [0.2, 0.25) is 0 Å². The zero-order valence-corrected chi connectivity index (χ0v) is 11.4. The summed E-state index contributed by atoms with van der Waals surface area (Å²) in [7, 11) is 0. The summed E-state index contributed by atoms with van der Waals surface area (Å²) < 4.78 is 18.7. The van der Waals surface area contributed by atoms with E-state index in [2.05, 4.69) is 15.9 Å². The second-order valence-corrected chi connectivity index (χ2v) is 5.07. The topological polar surface area (TPSA) is 98.9 Å². The highest BCUT2D eigenvalue weighted by molar-refractivity contribution is 9.09. The normalized spacial score (nSPS) is 31.7. The first kappa shape index (κ1) is 12.6. The van der Waals surface area contributed by atoms with Crippen molar-refractivity contribution in [2.45, 2.75) is 23.7 Å². The summed E-state index contributed by atoms with van der Waals surface area (Å²) in [6, 6.07) is 0. The van der Waals surface area contributed by atoms with Crippen LogP contribution in [-0.4, -0.2) is 40.1 Å². The van der Waals surface area contributed by atoms with Crippen LogP contribution in [0.25, 0.3) is 0 Å². The molecule has 2 aliphatic rings. The molecule has 0 aromatic carbocycles. The summed E-state index contributed by atoms with van der Waals surface area (Å²) in [5.41, 5.74) is -0.967. The van der Waals surface area contributed by atoms with E-state index in [1.807, 2.05) is 0 Å². The molecule has 0 bridgehead atoms. The average molecular weight is 335 g/mol. The second kappa shape index (κ2) is 5.70. The first-order valence-electron chi connectivity index (χ1n) is 6.07. The van der Waals surface area contributed by atoms with Gasteiger partial charge in [0.15, 0.2) is 0 Å². The predicted octanol–water partition coefficient (Wildman–Crippen LogP) is 1.46. The molecule has 2 rings (SSSR count). The van der Waals surface area contributed by atoms with Gasteiger partial charge in [0.05, 0.1) is 30.7 Å². The number of ether oxygens (including phenoxy) is 2. The van der Waals surface area contributed by atoms with Gasteiger partial charge in [-0.25, -0.2) is 4.79 Å². The first-order valence-corrected chi connectivity index (χ1v) is 6.37. The summed E-state index contributed by atoms with van der Waals surface area (Å²) in [6.07, 6.45) is 1.02. The summed E-state index contributed by atoms with van der Waals surface area (Å²) in [5.74, 6) is -1.36. The number of carboxylic acids is 1. The quantitative estimate of drug-likeness (QED) is 0.474. The van der Waals surface area contributed by atoms with Crippen LogP contribution in [0, 0.1) is 10.1 Å². The van der Waals surface area contributed by atoms with Crippen LogP contribution in [0.3, 0.4) is 0 Å². The SMILES string of the molecule is [2H]C1(Br)CC([N+](=O)[O-])=C(C(=O)O)C=C1OC1CCOC1. The molecule has 1 fully saturated rings. The number of hydrogen-bond donors (Lipinski definition) is 1. The standard InChI is InChI=1S/C11H12BrNO6/c12-8-4-9(13(16)17)7(11(14)15)3-10(8)19-6-1-2-18-5-6/h3,6,8H,1-2,4-5H2,(H,14,15)/i8D. The van der Waals surface area contributed by atoms with Crippen LogP contribution in [-0.2, 0) is 14.3 Å². The number of hydrogen-bond acceptors (Lipinski definition) is 5. The molecule has 0 radical (unpaired) electrons. The number of alkyl halides is 1. The van der Waals surface area contributed by atoms with Crippen LogP contribution in [0.15, 0.2) is 23.1 Å². The van der Waals surface area contributed by atoms with E-state index in [0.717, 1.165) is 6.08 Å². The second-order valence-electron chi connectivity index (χ2n) is 4.12. The number of nitrogens with zero attached hydrogens (tertiary/aromatic N) is 1. The highest BCUT2D eigenvalue weighted by Gasteiger charge is 2.34. The van der Waals surface area contributed by atoms with E-state index in [0.29, 0.717) is 19.6 Å². The molecule has 0 aromatic rings. The van der Waals surface area contributed by atoms with Crippen molar-refractivity contribution in [1.29, 1.82) is 0 Å². The van der Waals surface area contributed by atoms with Crippen molar-refractivity contribution >= 4 is 21.9 Å². The van der Waals surface area contributed by atoms with Crippen LogP contribution < -0.4 is 0 Å². The van der Waals surface area contributed by atoms with Crippen molar-refractivity contribution in [3.8, 4) is 0 Å². The number of carboxylic acid groups (broad SMARTS) is 1. The molecule has 0 spiro atoms. The maximum Gasteiger partial charge on any atom is 0.342 e. The van der Waals surface area contributed by atoms with Gasteiger partial charge in [0, 0.05) is 6.42 Å². The highest BCUT2D eigenvalue weighted by atomic mass is 79.9. The molecule has 1 saturated heterocycles. The molecule has 0 amide bonds. The van der Waals surface area contributed by atoms with E-state index in [-0.39, 0.29) is 18.3 Å². The van der Waals surface area contributed by atoms with E-state index >= 15 is 0 Å². The molecule has 8 heteroatoms. The number of halogens is 1. The number of allylic oxidation sites excluding steroid dienone is 2. The largest absolute Gasteiger partial charge is 0.491 e. The lowest BCUT2D eigenvalue weighted by molar-refractivity contribution is -0.428. The van der Waals surface area contributed by atoms with Crippen LogP contribution in [0.1, 0.15) is 14.2 Å². The fourth-order valence-corrected chi connectivity index (χ4v) is 2.33. The van der Waals surface area contributed by atoms with Gasteiger partial charge in [-0.3, -0.25) is 10.1 Å². The van der Waals surface area contributed by atoms with Crippen molar-refractivity contribution in [3.05, 3.63) is 33.2 Å². The van der Waals surface area contributed by atoms with Crippen molar-refractivity contribution in [2.75, 3.05) is 13.2 Å². The Balaban J connectivity index is 2.34. The van der Waals surface area contributed by atoms with Crippen LogP contribution in [0.4, 0.5) is 0 Å². The van der Waals surface area contributed by atoms with E-state index < -0.39 is 27.0 Å². The minimum absolute atomic E-state index is 0.0519. The Kier molecular flexibility index (Phi) is 3.79.